The van der Waals surface area contributed by atoms with E-state index in [1.165, 1.54) is 12.1 Å². The Labute approximate surface area is 175 Å². The van der Waals surface area contributed by atoms with E-state index < -0.39 is 17.3 Å². The van der Waals surface area contributed by atoms with Gasteiger partial charge in [-0.15, -0.1) is 0 Å². The first-order valence-electron chi connectivity index (χ1n) is 10.2. The summed E-state index contributed by atoms with van der Waals surface area (Å²) in [5.41, 5.74) is 0.365. The molecular formula is C23H26FN3O3. The van der Waals surface area contributed by atoms with Gasteiger partial charge in [0, 0.05) is 23.0 Å². The van der Waals surface area contributed by atoms with E-state index in [1.807, 2.05) is 0 Å². The molecule has 0 aromatic heterocycles. The van der Waals surface area contributed by atoms with Crippen molar-refractivity contribution in [1.29, 1.82) is 0 Å². The molecule has 2 aliphatic heterocycles. The maximum absolute atomic E-state index is 14.1. The van der Waals surface area contributed by atoms with Crippen molar-refractivity contribution in [2.45, 2.75) is 38.3 Å². The fourth-order valence-corrected chi connectivity index (χ4v) is 4.66. The molecule has 7 heteroatoms. The third-order valence-electron chi connectivity index (χ3n) is 5.92. The number of carbonyl (C=O) groups excluding carboxylic acids is 2. The van der Waals surface area contributed by atoms with Gasteiger partial charge in [-0.25, -0.2) is 4.39 Å². The second-order valence-corrected chi connectivity index (χ2v) is 8.43. The monoisotopic (exact) mass is 411 g/mol. The summed E-state index contributed by atoms with van der Waals surface area (Å²) < 4.78 is 19.3. The Morgan fingerprint density at radius 1 is 1.27 bits per heavy atom. The molecule has 0 bridgehead atoms. The van der Waals surface area contributed by atoms with Gasteiger partial charge >= 0.3 is 0 Å². The zero-order valence-electron chi connectivity index (χ0n) is 17.3. The number of hydrogen-bond acceptors (Lipinski definition) is 4. The van der Waals surface area contributed by atoms with Gasteiger partial charge in [0.25, 0.3) is 0 Å². The fraction of sp³-hybridized carbons (Fsp3) is 0.391. The van der Waals surface area contributed by atoms with Crippen LogP contribution < -0.4 is 20.7 Å². The van der Waals surface area contributed by atoms with Crippen molar-refractivity contribution in [2.24, 2.45) is 11.8 Å². The van der Waals surface area contributed by atoms with Crippen LogP contribution in [0.3, 0.4) is 0 Å². The largest absolute Gasteiger partial charge is 0.497 e. The Hall–Kier alpha value is -2.93. The lowest BCUT2D eigenvalue weighted by atomic mass is 9.79. The van der Waals surface area contributed by atoms with Crippen LogP contribution in [0.1, 0.15) is 32.3 Å². The van der Waals surface area contributed by atoms with Crippen molar-refractivity contribution in [1.82, 2.24) is 5.32 Å². The van der Waals surface area contributed by atoms with Crippen LogP contribution in [0, 0.1) is 17.7 Å². The Bertz CT molecular complexity index is 976. The lowest BCUT2D eigenvalue weighted by Crippen LogP contribution is -2.52. The molecule has 2 aromatic carbocycles. The van der Waals surface area contributed by atoms with Crippen molar-refractivity contribution >= 4 is 23.2 Å². The molecule has 6 nitrogen and oxygen atoms in total. The van der Waals surface area contributed by atoms with Crippen LogP contribution in [-0.4, -0.2) is 25.0 Å². The molecule has 1 saturated heterocycles. The molecule has 1 spiro atoms. The first-order valence-corrected chi connectivity index (χ1v) is 10.2. The van der Waals surface area contributed by atoms with Gasteiger partial charge in [0.15, 0.2) is 0 Å². The molecule has 0 unspecified atom stereocenters. The summed E-state index contributed by atoms with van der Waals surface area (Å²) in [6.45, 7) is 4.20. The van der Waals surface area contributed by atoms with Gasteiger partial charge in [-0.3, -0.25) is 14.9 Å². The van der Waals surface area contributed by atoms with Crippen LogP contribution in [0.15, 0.2) is 42.5 Å². The average molecular weight is 411 g/mol. The summed E-state index contributed by atoms with van der Waals surface area (Å²) in [4.78, 5) is 26.5. The topological polar surface area (TPSA) is 79.5 Å². The number of rotatable bonds is 5. The Morgan fingerprint density at radius 2 is 2.00 bits per heavy atom. The number of benzene rings is 2. The summed E-state index contributed by atoms with van der Waals surface area (Å²) >= 11 is 0. The van der Waals surface area contributed by atoms with Crippen LogP contribution in [0.4, 0.5) is 15.8 Å². The van der Waals surface area contributed by atoms with Crippen LogP contribution in [-0.2, 0) is 15.1 Å². The third kappa shape index (κ3) is 3.43. The molecule has 0 radical (unpaired) electrons. The van der Waals surface area contributed by atoms with Gasteiger partial charge in [0.05, 0.1) is 13.0 Å². The van der Waals surface area contributed by atoms with Crippen molar-refractivity contribution in [2.75, 3.05) is 17.7 Å². The molecule has 2 heterocycles. The SMILES string of the molecule is COc1ccc(NC(=O)[C@@H]2C[C@H](CC(C)C)N[C@@]23C(=O)Nc2ccc(F)cc23)cc1. The predicted octanol–water partition coefficient (Wildman–Crippen LogP) is 3.64. The third-order valence-corrected chi connectivity index (χ3v) is 5.92. The van der Waals surface area contributed by atoms with Crippen LogP contribution in [0.2, 0.25) is 0 Å². The average Bonchev–Trinajstić information content (AvgIpc) is 3.21. The van der Waals surface area contributed by atoms with Gasteiger partial charge in [0.1, 0.15) is 17.1 Å². The summed E-state index contributed by atoms with van der Waals surface area (Å²) in [7, 11) is 1.58. The van der Waals surface area contributed by atoms with E-state index >= 15 is 0 Å². The molecule has 2 amide bonds. The highest BCUT2D eigenvalue weighted by atomic mass is 19.1. The van der Waals surface area contributed by atoms with Crippen LogP contribution in [0.5, 0.6) is 5.75 Å². The van der Waals surface area contributed by atoms with E-state index in [1.54, 1.807) is 37.4 Å². The minimum atomic E-state index is -1.28. The normalized spacial score (nSPS) is 24.8. The number of methoxy groups -OCH3 is 1. The lowest BCUT2D eigenvalue weighted by Gasteiger charge is -2.29. The molecule has 3 N–H and O–H groups in total. The first-order chi connectivity index (χ1) is 14.3. The molecule has 1 fully saturated rings. The van der Waals surface area contributed by atoms with Crippen molar-refractivity contribution in [3.63, 3.8) is 0 Å². The van der Waals surface area contributed by atoms with E-state index in [0.717, 1.165) is 6.42 Å². The standard InChI is InChI=1S/C23H26FN3O3/c1-13(2)10-16-12-19(21(28)25-15-5-7-17(30-3)8-6-15)23(27-16)18-11-14(24)4-9-20(18)26-22(23)29/h4-9,11,13,16,19,27H,10,12H2,1-3H3,(H,25,28)(H,26,29)/t16-,19-,23+/m0/s1. The molecule has 30 heavy (non-hydrogen) atoms. The summed E-state index contributed by atoms with van der Waals surface area (Å²) in [6, 6.07) is 11.2. The smallest absolute Gasteiger partial charge is 0.250 e. The number of fused-ring (bicyclic) bond motifs is 2. The van der Waals surface area contributed by atoms with Crippen molar-refractivity contribution in [3.8, 4) is 5.75 Å². The summed E-state index contributed by atoms with van der Waals surface area (Å²) in [5, 5.41) is 9.15. The highest BCUT2D eigenvalue weighted by Crippen LogP contribution is 2.48. The van der Waals surface area contributed by atoms with E-state index in [9.17, 15) is 14.0 Å². The summed E-state index contributed by atoms with van der Waals surface area (Å²) in [6.07, 6.45) is 1.30. The highest BCUT2D eigenvalue weighted by Gasteiger charge is 2.60. The minimum absolute atomic E-state index is 0.0309. The van der Waals surface area contributed by atoms with Crippen LogP contribution in [0.25, 0.3) is 0 Å². The van der Waals surface area contributed by atoms with Gasteiger partial charge in [-0.1, -0.05) is 13.8 Å². The number of carbonyl (C=O) groups is 2. The number of nitrogens with one attached hydrogen (secondary N) is 3. The maximum Gasteiger partial charge on any atom is 0.250 e. The van der Waals surface area contributed by atoms with E-state index in [-0.39, 0.29) is 17.9 Å². The minimum Gasteiger partial charge on any atom is -0.497 e. The Kier molecular flexibility index (Phi) is 5.24. The molecule has 158 valence electrons. The van der Waals surface area contributed by atoms with Gasteiger partial charge in [0.2, 0.25) is 11.8 Å². The highest BCUT2D eigenvalue weighted by molar-refractivity contribution is 6.10. The second-order valence-electron chi connectivity index (χ2n) is 8.43. The zero-order chi connectivity index (χ0) is 21.5. The number of halogens is 1. The van der Waals surface area contributed by atoms with Gasteiger partial charge in [-0.2, -0.15) is 0 Å². The van der Waals surface area contributed by atoms with E-state index in [2.05, 4.69) is 29.8 Å². The van der Waals surface area contributed by atoms with Crippen LogP contribution >= 0.6 is 0 Å². The number of amides is 2. The second kappa shape index (κ2) is 7.72. The Balaban J connectivity index is 1.69. The molecule has 4 rings (SSSR count). The molecular weight excluding hydrogens is 385 g/mol. The quantitative estimate of drug-likeness (QED) is 0.702. The zero-order valence-corrected chi connectivity index (χ0v) is 17.3. The van der Waals surface area contributed by atoms with Crippen molar-refractivity contribution < 1.29 is 18.7 Å². The number of hydrogen-bond donors (Lipinski definition) is 3. The predicted molar refractivity (Wildman–Crippen MR) is 113 cm³/mol. The maximum atomic E-state index is 14.1. The van der Waals surface area contributed by atoms with E-state index in [0.29, 0.717) is 35.0 Å². The molecule has 2 aromatic rings. The number of ether oxygens (including phenoxy) is 1. The molecule has 0 aliphatic carbocycles. The van der Waals surface area contributed by atoms with Gasteiger partial charge in [-0.05, 0) is 61.2 Å². The van der Waals surface area contributed by atoms with Gasteiger partial charge < -0.3 is 15.4 Å². The first kappa shape index (κ1) is 20.3. The molecule has 0 saturated carbocycles. The molecule has 3 atom stereocenters. The summed E-state index contributed by atoms with van der Waals surface area (Å²) in [5.74, 6) is -0.627. The van der Waals surface area contributed by atoms with Crippen molar-refractivity contribution in [3.05, 3.63) is 53.8 Å². The van der Waals surface area contributed by atoms with E-state index in [4.69, 9.17) is 4.74 Å². The Morgan fingerprint density at radius 3 is 2.67 bits per heavy atom. The number of anilines is 2. The molecule has 2 aliphatic rings. The lowest BCUT2D eigenvalue weighted by molar-refractivity contribution is -0.130. The fourth-order valence-electron chi connectivity index (χ4n) is 4.66.